The maximum absolute atomic E-state index is 12.1. The second-order valence-corrected chi connectivity index (χ2v) is 5.43. The van der Waals surface area contributed by atoms with Gasteiger partial charge in [-0.2, -0.15) is 0 Å². The van der Waals surface area contributed by atoms with Gasteiger partial charge in [-0.05, 0) is 19.4 Å². The zero-order chi connectivity index (χ0) is 13.9. The molecule has 104 valence electrons. The summed E-state index contributed by atoms with van der Waals surface area (Å²) in [5.41, 5.74) is 0.960. The van der Waals surface area contributed by atoms with Crippen LogP contribution in [0.5, 0.6) is 0 Å². The van der Waals surface area contributed by atoms with Gasteiger partial charge < -0.3 is 15.0 Å². The van der Waals surface area contributed by atoms with E-state index in [-0.39, 0.29) is 24.2 Å². The van der Waals surface area contributed by atoms with Crippen molar-refractivity contribution in [1.82, 2.24) is 10.2 Å². The van der Waals surface area contributed by atoms with Crippen molar-refractivity contribution in [2.24, 2.45) is 0 Å². The molecule has 1 unspecified atom stereocenters. The molecule has 0 spiro atoms. The Balaban J connectivity index is 1.88. The van der Waals surface area contributed by atoms with Crippen molar-refractivity contribution < 1.29 is 9.53 Å². The van der Waals surface area contributed by atoms with Gasteiger partial charge in [0.25, 0.3) is 0 Å². The third kappa shape index (κ3) is 3.33. The number of nitrogens with one attached hydrogen (secondary N) is 1. The Morgan fingerprint density at radius 1 is 1.42 bits per heavy atom. The van der Waals surface area contributed by atoms with Crippen molar-refractivity contribution in [3.05, 3.63) is 35.9 Å². The quantitative estimate of drug-likeness (QED) is 0.876. The summed E-state index contributed by atoms with van der Waals surface area (Å²) >= 11 is 0. The second-order valence-electron chi connectivity index (χ2n) is 5.43. The number of hydrogen-bond donors (Lipinski definition) is 1. The van der Waals surface area contributed by atoms with Crippen LogP contribution in [-0.2, 0) is 9.53 Å². The molecule has 1 aliphatic rings. The number of ether oxygens (including phenoxy) is 1. The molecule has 0 saturated carbocycles. The molecule has 1 fully saturated rings. The van der Waals surface area contributed by atoms with Gasteiger partial charge in [-0.25, -0.2) is 0 Å². The number of carbonyl (C=O) groups is 1. The third-order valence-electron chi connectivity index (χ3n) is 3.80. The maximum atomic E-state index is 12.1. The normalized spacial score (nSPS) is 18.5. The molecule has 0 radical (unpaired) electrons. The standard InChI is InChI=1S/C15H22N2O2/c1-12(13-7-5-4-6-8-13)17(3)14(18)9-19-15(2)10-16-11-15/h4-8,12,16H,9-11H2,1-3H3. The molecule has 1 heterocycles. The summed E-state index contributed by atoms with van der Waals surface area (Å²) < 4.78 is 5.68. The molecule has 19 heavy (non-hydrogen) atoms. The van der Waals surface area contributed by atoms with Gasteiger partial charge in [-0.15, -0.1) is 0 Å². The van der Waals surface area contributed by atoms with E-state index >= 15 is 0 Å². The molecular formula is C15H22N2O2. The number of benzene rings is 1. The monoisotopic (exact) mass is 262 g/mol. The van der Waals surface area contributed by atoms with Gasteiger partial charge in [0.1, 0.15) is 6.61 Å². The van der Waals surface area contributed by atoms with Crippen LogP contribution in [0.2, 0.25) is 0 Å². The zero-order valence-corrected chi connectivity index (χ0v) is 11.8. The second kappa shape index (κ2) is 5.72. The Hall–Kier alpha value is -1.39. The zero-order valence-electron chi connectivity index (χ0n) is 11.8. The average Bonchev–Trinajstić information content (AvgIpc) is 2.42. The van der Waals surface area contributed by atoms with E-state index in [4.69, 9.17) is 4.74 Å². The number of rotatable bonds is 5. The van der Waals surface area contributed by atoms with Crippen molar-refractivity contribution in [2.75, 3.05) is 26.7 Å². The Morgan fingerprint density at radius 2 is 2.05 bits per heavy atom. The van der Waals surface area contributed by atoms with Gasteiger partial charge in [-0.3, -0.25) is 4.79 Å². The third-order valence-corrected chi connectivity index (χ3v) is 3.80. The van der Waals surface area contributed by atoms with E-state index in [1.54, 1.807) is 4.90 Å². The topological polar surface area (TPSA) is 41.6 Å². The molecule has 4 nitrogen and oxygen atoms in total. The van der Waals surface area contributed by atoms with Crippen LogP contribution in [0.1, 0.15) is 25.5 Å². The summed E-state index contributed by atoms with van der Waals surface area (Å²) in [6.07, 6.45) is 0. The van der Waals surface area contributed by atoms with Crippen LogP contribution in [-0.4, -0.2) is 43.2 Å². The van der Waals surface area contributed by atoms with Gasteiger partial charge in [0.15, 0.2) is 0 Å². The molecule has 1 amide bonds. The van der Waals surface area contributed by atoms with Crippen molar-refractivity contribution >= 4 is 5.91 Å². The van der Waals surface area contributed by atoms with Gasteiger partial charge >= 0.3 is 0 Å². The van der Waals surface area contributed by atoms with Crippen molar-refractivity contribution in [3.8, 4) is 0 Å². The molecule has 1 aromatic carbocycles. The molecule has 1 saturated heterocycles. The van der Waals surface area contributed by atoms with E-state index in [1.807, 2.05) is 51.2 Å². The largest absolute Gasteiger partial charge is 0.363 e. The Labute approximate surface area is 114 Å². The highest BCUT2D eigenvalue weighted by atomic mass is 16.5. The lowest BCUT2D eigenvalue weighted by atomic mass is 10.0. The van der Waals surface area contributed by atoms with Gasteiger partial charge in [0, 0.05) is 20.1 Å². The summed E-state index contributed by atoms with van der Waals surface area (Å²) in [7, 11) is 1.82. The lowest BCUT2D eigenvalue weighted by molar-refractivity contribution is -0.146. The van der Waals surface area contributed by atoms with E-state index in [0.717, 1.165) is 18.7 Å². The number of nitrogens with zero attached hydrogens (tertiary/aromatic N) is 1. The van der Waals surface area contributed by atoms with E-state index < -0.39 is 0 Å². The maximum Gasteiger partial charge on any atom is 0.248 e. The summed E-state index contributed by atoms with van der Waals surface area (Å²) in [4.78, 5) is 13.9. The summed E-state index contributed by atoms with van der Waals surface area (Å²) in [6.45, 7) is 5.83. The molecule has 2 rings (SSSR count). The molecule has 0 aromatic heterocycles. The van der Waals surface area contributed by atoms with Crippen molar-refractivity contribution in [3.63, 3.8) is 0 Å². The number of likely N-dealkylation sites (N-methyl/N-ethyl adjacent to an activating group) is 1. The van der Waals surface area contributed by atoms with Gasteiger partial charge in [0.05, 0.1) is 11.6 Å². The molecule has 0 bridgehead atoms. The van der Waals surface area contributed by atoms with Crippen LogP contribution in [0.15, 0.2) is 30.3 Å². The molecule has 1 aliphatic heterocycles. The highest BCUT2D eigenvalue weighted by molar-refractivity contribution is 5.77. The van der Waals surface area contributed by atoms with E-state index in [9.17, 15) is 4.79 Å². The summed E-state index contributed by atoms with van der Waals surface area (Å²) in [5, 5.41) is 3.15. The SMILES string of the molecule is CC(c1ccccc1)N(C)C(=O)COC1(C)CNC1. The Bertz CT molecular complexity index is 429. The molecular weight excluding hydrogens is 240 g/mol. The fraction of sp³-hybridized carbons (Fsp3) is 0.533. The van der Waals surface area contributed by atoms with E-state index in [2.05, 4.69) is 5.32 Å². The van der Waals surface area contributed by atoms with Crippen LogP contribution in [0.25, 0.3) is 0 Å². The van der Waals surface area contributed by atoms with Crippen LogP contribution < -0.4 is 5.32 Å². The minimum atomic E-state index is -0.174. The molecule has 1 aromatic rings. The first kappa shape index (κ1) is 14.0. The highest BCUT2D eigenvalue weighted by Crippen LogP contribution is 2.19. The van der Waals surface area contributed by atoms with Crippen LogP contribution >= 0.6 is 0 Å². The molecule has 1 N–H and O–H groups in total. The first-order chi connectivity index (χ1) is 9.02. The number of amides is 1. The summed E-state index contributed by atoms with van der Waals surface area (Å²) in [5.74, 6) is 0.0180. The molecule has 1 atom stereocenters. The van der Waals surface area contributed by atoms with E-state index in [1.165, 1.54) is 0 Å². The molecule has 4 heteroatoms. The predicted molar refractivity (Wildman–Crippen MR) is 74.9 cm³/mol. The van der Waals surface area contributed by atoms with Crippen LogP contribution in [0.4, 0.5) is 0 Å². The number of carbonyl (C=O) groups excluding carboxylic acids is 1. The van der Waals surface area contributed by atoms with Crippen LogP contribution in [0, 0.1) is 0 Å². The fourth-order valence-corrected chi connectivity index (χ4v) is 2.09. The van der Waals surface area contributed by atoms with Crippen molar-refractivity contribution in [2.45, 2.75) is 25.5 Å². The lowest BCUT2D eigenvalue weighted by Gasteiger charge is -2.39. The summed E-state index contributed by atoms with van der Waals surface area (Å²) in [6, 6.07) is 10.1. The Morgan fingerprint density at radius 3 is 2.58 bits per heavy atom. The lowest BCUT2D eigenvalue weighted by Crippen LogP contribution is -2.59. The minimum Gasteiger partial charge on any atom is -0.363 e. The smallest absolute Gasteiger partial charge is 0.248 e. The molecule has 0 aliphatic carbocycles. The van der Waals surface area contributed by atoms with Crippen LogP contribution in [0.3, 0.4) is 0 Å². The van der Waals surface area contributed by atoms with Gasteiger partial charge in [-0.1, -0.05) is 30.3 Å². The fourth-order valence-electron chi connectivity index (χ4n) is 2.09. The number of hydrogen-bond acceptors (Lipinski definition) is 3. The average molecular weight is 262 g/mol. The van der Waals surface area contributed by atoms with E-state index in [0.29, 0.717) is 0 Å². The minimum absolute atomic E-state index is 0.0180. The van der Waals surface area contributed by atoms with Crippen molar-refractivity contribution in [1.29, 1.82) is 0 Å². The highest BCUT2D eigenvalue weighted by Gasteiger charge is 2.33. The first-order valence-corrected chi connectivity index (χ1v) is 6.67. The predicted octanol–water partition coefficient (Wildman–Crippen LogP) is 1.58. The van der Waals surface area contributed by atoms with Gasteiger partial charge in [0.2, 0.25) is 5.91 Å². The Kier molecular flexibility index (Phi) is 4.22. The first-order valence-electron chi connectivity index (χ1n) is 6.67.